The summed E-state index contributed by atoms with van der Waals surface area (Å²) in [6.07, 6.45) is 80.4. The third-order valence-corrected chi connectivity index (χ3v) is 20.9. The van der Waals surface area contributed by atoms with E-state index in [0.717, 1.165) is 44.9 Å². The molecule has 0 aromatic heterocycles. The van der Waals surface area contributed by atoms with Crippen molar-refractivity contribution in [2.75, 3.05) is 19.8 Å². The number of hydrogen-bond donors (Lipinski definition) is 9. The van der Waals surface area contributed by atoms with E-state index in [0.29, 0.717) is 12.8 Å². The van der Waals surface area contributed by atoms with E-state index in [9.17, 15) is 45.6 Å². The Balaban J connectivity index is 1.58. The predicted octanol–water partition coefficient (Wildman–Crippen LogP) is 20.3. The minimum atomic E-state index is -1.79. The highest BCUT2D eigenvalue weighted by Crippen LogP contribution is 2.30. The van der Waals surface area contributed by atoms with Gasteiger partial charge in [0.1, 0.15) is 48.8 Å². The Bertz CT molecular complexity index is 1930. The summed E-state index contributed by atoms with van der Waals surface area (Å²) in [7, 11) is 0. The number of allylic oxidation sites excluding steroid dienone is 9. The summed E-state index contributed by atoms with van der Waals surface area (Å²) in [4.78, 5) is 13.4. The predicted molar refractivity (Wildman–Crippen MR) is 420 cm³/mol. The Hall–Kier alpha value is -2.31. The van der Waals surface area contributed by atoms with Crippen molar-refractivity contribution in [3.8, 4) is 0 Å². The van der Waals surface area contributed by atoms with Gasteiger partial charge in [0.25, 0.3) is 0 Å². The molecule has 2 heterocycles. The van der Waals surface area contributed by atoms with E-state index < -0.39 is 86.8 Å². The molecule has 2 fully saturated rings. The Kier molecular flexibility index (Phi) is 66.3. The van der Waals surface area contributed by atoms with Crippen LogP contribution < -0.4 is 5.32 Å². The SMILES string of the molecule is CCCCCCC/C=C\C/C=C\C/C=C\CCCCCCCCCCCCCCCCCCCCCCCCCCC(=O)NC(COC1OC(CO)C(OC2OC(CO)C(O)C(O)C2O)C(O)C1O)C(O)/C=C/CC/C=C/CCCCCCCCCCCCCCCCCCCCCCCC. The molecule has 0 spiro atoms. The topological polar surface area (TPSA) is 228 Å². The Morgan fingerprint density at radius 1 is 0.356 bits per heavy atom. The van der Waals surface area contributed by atoms with Crippen LogP contribution in [0.1, 0.15) is 393 Å². The largest absolute Gasteiger partial charge is 0.394 e. The average molecular weight is 1430 g/mol. The molecule has 101 heavy (non-hydrogen) atoms. The van der Waals surface area contributed by atoms with Gasteiger partial charge < -0.3 is 65.1 Å². The molecular formula is C87H161NO13. The van der Waals surface area contributed by atoms with Crippen LogP contribution in [0.4, 0.5) is 0 Å². The number of amides is 1. The van der Waals surface area contributed by atoms with Crippen LogP contribution in [0.25, 0.3) is 0 Å². The smallest absolute Gasteiger partial charge is 0.220 e. The molecule has 9 N–H and O–H groups in total. The van der Waals surface area contributed by atoms with E-state index in [4.69, 9.17) is 18.9 Å². The van der Waals surface area contributed by atoms with Crippen molar-refractivity contribution in [2.45, 2.75) is 466 Å². The summed E-state index contributed by atoms with van der Waals surface area (Å²) in [5.74, 6) is -0.242. The summed E-state index contributed by atoms with van der Waals surface area (Å²) in [6.45, 7) is 2.83. The Morgan fingerprint density at radius 2 is 0.663 bits per heavy atom. The Labute approximate surface area is 619 Å². The molecule has 0 bridgehead atoms. The lowest BCUT2D eigenvalue weighted by Crippen LogP contribution is -2.65. The lowest BCUT2D eigenvalue weighted by atomic mass is 9.97. The van der Waals surface area contributed by atoms with Crippen molar-refractivity contribution >= 4 is 5.91 Å². The van der Waals surface area contributed by atoms with E-state index in [1.165, 1.54) is 315 Å². The summed E-state index contributed by atoms with van der Waals surface area (Å²) >= 11 is 0. The van der Waals surface area contributed by atoms with Gasteiger partial charge in [-0.25, -0.2) is 0 Å². The normalized spacial score (nSPS) is 22.0. The van der Waals surface area contributed by atoms with Gasteiger partial charge in [-0.1, -0.05) is 376 Å². The molecule has 14 heteroatoms. The molecule has 0 aliphatic carbocycles. The monoisotopic (exact) mass is 1430 g/mol. The molecule has 1 amide bonds. The zero-order chi connectivity index (χ0) is 73.0. The summed E-state index contributed by atoms with van der Waals surface area (Å²) in [5.41, 5.74) is 0. The van der Waals surface area contributed by atoms with E-state index >= 15 is 0 Å². The highest BCUT2D eigenvalue weighted by Gasteiger charge is 2.51. The van der Waals surface area contributed by atoms with Crippen molar-refractivity contribution in [1.29, 1.82) is 0 Å². The number of ether oxygens (including phenoxy) is 4. The van der Waals surface area contributed by atoms with E-state index in [1.807, 2.05) is 6.08 Å². The number of nitrogens with one attached hydrogen (secondary N) is 1. The van der Waals surface area contributed by atoms with Crippen molar-refractivity contribution in [3.05, 3.63) is 60.8 Å². The second kappa shape index (κ2) is 70.7. The fourth-order valence-corrected chi connectivity index (χ4v) is 14.1. The lowest BCUT2D eigenvalue weighted by molar-refractivity contribution is -0.359. The number of carbonyl (C=O) groups is 1. The Morgan fingerprint density at radius 3 is 1.04 bits per heavy atom. The molecule has 2 saturated heterocycles. The zero-order valence-corrected chi connectivity index (χ0v) is 65.2. The maximum atomic E-state index is 13.4. The van der Waals surface area contributed by atoms with Gasteiger partial charge >= 0.3 is 0 Å². The third kappa shape index (κ3) is 53.2. The molecule has 0 aromatic rings. The molecule has 0 saturated carbocycles. The zero-order valence-electron chi connectivity index (χ0n) is 65.2. The van der Waals surface area contributed by atoms with Crippen LogP contribution in [0.15, 0.2) is 60.8 Å². The van der Waals surface area contributed by atoms with Gasteiger partial charge in [-0.3, -0.25) is 4.79 Å². The van der Waals surface area contributed by atoms with Crippen LogP contribution in [0.3, 0.4) is 0 Å². The standard InChI is InChI=1S/C87H161NO13/c1-3-5-7-9-11-13-15-17-19-21-23-25-27-29-31-33-34-35-36-37-38-39-40-41-42-43-45-47-49-51-53-55-57-59-61-63-65-67-69-71-79(92)88-75(74-98-86-84(97)82(95)85(78(73-90)100-86)101-87-83(96)81(94)80(93)77(72-89)99-87)76(91)70-68-66-64-62-60-58-56-54-52-50-48-46-44-32-30-28-26-24-22-20-18-16-14-12-10-8-6-4-2/h15,17,21,23,27,29,60,62,68,70,75-78,80-87,89-91,93-97H,3-14,16,18-20,22,24-26,28,30-59,61,63-67,69,71-74H2,1-2H3,(H,88,92)/b17-15-,23-21-,29-27-,62-60+,70-68+. The summed E-state index contributed by atoms with van der Waals surface area (Å²) < 4.78 is 22.9. The molecule has 0 radical (unpaired) electrons. The molecule has 2 aliphatic rings. The first-order chi connectivity index (χ1) is 49.6. The second-order valence-electron chi connectivity index (χ2n) is 30.3. The van der Waals surface area contributed by atoms with Crippen LogP contribution in [0.5, 0.6) is 0 Å². The average Bonchev–Trinajstić information content (AvgIpc) is 0.790. The minimum absolute atomic E-state index is 0.242. The van der Waals surface area contributed by atoms with Gasteiger partial charge in [0.15, 0.2) is 12.6 Å². The number of carbonyl (C=O) groups excluding carboxylic acids is 1. The minimum Gasteiger partial charge on any atom is -0.394 e. The number of rotatable bonds is 73. The van der Waals surface area contributed by atoms with Crippen molar-refractivity contribution in [3.63, 3.8) is 0 Å². The fourth-order valence-electron chi connectivity index (χ4n) is 14.1. The highest BCUT2D eigenvalue weighted by atomic mass is 16.7. The van der Waals surface area contributed by atoms with Gasteiger partial charge in [-0.15, -0.1) is 0 Å². The van der Waals surface area contributed by atoms with Crippen molar-refractivity contribution in [2.24, 2.45) is 0 Å². The fraction of sp³-hybridized carbons (Fsp3) is 0.874. The molecule has 2 aliphatic heterocycles. The first-order valence-electron chi connectivity index (χ1n) is 43.0. The molecule has 14 nitrogen and oxygen atoms in total. The summed E-state index contributed by atoms with van der Waals surface area (Å²) in [5, 5.41) is 87.7. The van der Waals surface area contributed by atoms with Gasteiger partial charge in [-0.2, -0.15) is 0 Å². The molecular weight excluding hydrogens is 1270 g/mol. The number of unbranched alkanes of at least 4 members (excludes halogenated alkanes) is 52. The van der Waals surface area contributed by atoms with Gasteiger partial charge in [0, 0.05) is 6.42 Å². The first-order valence-corrected chi connectivity index (χ1v) is 43.0. The molecule has 592 valence electrons. The van der Waals surface area contributed by atoms with Crippen LogP contribution in [-0.4, -0.2) is 140 Å². The van der Waals surface area contributed by atoms with E-state index in [2.05, 4.69) is 67.8 Å². The van der Waals surface area contributed by atoms with E-state index in [-0.39, 0.29) is 18.9 Å². The van der Waals surface area contributed by atoms with E-state index in [1.54, 1.807) is 6.08 Å². The second-order valence-corrected chi connectivity index (χ2v) is 30.3. The molecule has 12 unspecified atom stereocenters. The van der Waals surface area contributed by atoms with Gasteiger partial charge in [0.2, 0.25) is 5.91 Å². The van der Waals surface area contributed by atoms with Crippen LogP contribution in [0.2, 0.25) is 0 Å². The maximum absolute atomic E-state index is 13.4. The van der Waals surface area contributed by atoms with Crippen LogP contribution in [0, 0.1) is 0 Å². The number of aliphatic hydroxyl groups is 8. The molecule has 2 rings (SSSR count). The van der Waals surface area contributed by atoms with Gasteiger partial charge in [-0.05, 0) is 70.6 Å². The maximum Gasteiger partial charge on any atom is 0.220 e. The quantitative estimate of drug-likeness (QED) is 0.0204. The first kappa shape index (κ1) is 94.8. The third-order valence-electron chi connectivity index (χ3n) is 20.9. The van der Waals surface area contributed by atoms with Crippen LogP contribution >= 0.6 is 0 Å². The summed E-state index contributed by atoms with van der Waals surface area (Å²) in [6, 6.07) is -0.934. The molecule has 0 aromatic carbocycles. The van der Waals surface area contributed by atoms with Gasteiger partial charge in [0.05, 0.1) is 32.0 Å². The highest BCUT2D eigenvalue weighted by molar-refractivity contribution is 5.76. The number of hydrogen-bond acceptors (Lipinski definition) is 13. The molecule has 12 atom stereocenters. The van der Waals surface area contributed by atoms with Crippen molar-refractivity contribution < 1.29 is 64.6 Å². The van der Waals surface area contributed by atoms with Crippen molar-refractivity contribution in [1.82, 2.24) is 5.32 Å². The number of aliphatic hydroxyl groups excluding tert-OH is 8. The van der Waals surface area contributed by atoms with Crippen LogP contribution in [-0.2, 0) is 23.7 Å². The lowest BCUT2D eigenvalue weighted by Gasteiger charge is -2.46.